The average molecular weight is 1360 g/mol. The summed E-state index contributed by atoms with van der Waals surface area (Å²) < 4.78 is 11.9. The minimum Gasteiger partial charge on any atom is -0.379 e. The topological polar surface area (TPSA) is 291 Å². The van der Waals surface area contributed by atoms with Gasteiger partial charge in [0.2, 0.25) is 47.3 Å². The van der Waals surface area contributed by atoms with Crippen LogP contribution in [-0.4, -0.2) is 259 Å². The van der Waals surface area contributed by atoms with Crippen LogP contribution < -0.4 is 16.4 Å². The van der Waals surface area contributed by atoms with Crippen molar-refractivity contribution in [1.82, 2.24) is 50.0 Å². The Kier molecular flexibility index (Phi) is 35.1. The summed E-state index contributed by atoms with van der Waals surface area (Å²) >= 11 is 0. The number of nitrogens with two attached hydrogens (primary N) is 1. The maximum Gasteiger partial charge on any atom is 0.270 e. The number of hydrogen-bond donors (Lipinski definition) is 3. The molecule has 0 bridgehead atoms. The zero-order valence-corrected chi connectivity index (χ0v) is 62.8. The van der Waals surface area contributed by atoms with E-state index in [-0.39, 0.29) is 68.8 Å². The van der Waals surface area contributed by atoms with Crippen molar-refractivity contribution in [2.45, 2.75) is 254 Å². The maximum atomic E-state index is 15.3. The SMILES string of the molecule is CC[C@@H]1NC(=O)[C@@H]2[C@@H]([C@H](C)CCCCCN)ON2C(=O)[C@H](C(C)C)N(C)C(=O)[C@H](CC(C)C)N(C)C(=O)[C@H](CC(C)C)N(C)C(=O)[C@@H](C)NC(=O)[C@H](C)CC(=O)[C@H](CC(C)C)N(C)C(=O)[C@H](C(C)C)CC(=O)[C@H]([C@@H](C)OCCCCN2CCOCC2)N(C)C(=O)[C@@H](C)N(C)C1=O. The molecule has 9 amide bonds. The summed E-state index contributed by atoms with van der Waals surface area (Å²) in [5, 5.41) is 6.66. The van der Waals surface area contributed by atoms with Crippen LogP contribution in [0.1, 0.15) is 188 Å². The molecule has 3 aliphatic heterocycles. The number of fused-ring (bicyclic) bond motifs is 1. The highest BCUT2D eigenvalue weighted by atomic mass is 16.7. The smallest absolute Gasteiger partial charge is 0.270 e. The fraction of sp³-hybridized carbons (Fsp3) is 0.845. The second kappa shape index (κ2) is 39.8. The molecule has 3 rings (SSSR count). The third kappa shape index (κ3) is 23.2. The zero-order valence-electron chi connectivity index (χ0n) is 62.8. The van der Waals surface area contributed by atoms with E-state index in [1.807, 2.05) is 48.5 Å². The van der Waals surface area contributed by atoms with Crippen molar-refractivity contribution in [2.75, 3.05) is 88.3 Å². The molecule has 0 aromatic carbocycles. The largest absolute Gasteiger partial charge is 0.379 e. The van der Waals surface area contributed by atoms with Crippen LogP contribution in [-0.2, 0) is 67.1 Å². The van der Waals surface area contributed by atoms with Crippen LogP contribution in [0.15, 0.2) is 0 Å². The molecule has 3 saturated heterocycles. The van der Waals surface area contributed by atoms with Crippen molar-refractivity contribution >= 4 is 64.7 Å². The molecule has 550 valence electrons. The molecule has 0 saturated carbocycles. The lowest BCUT2D eigenvalue weighted by atomic mass is 9.85. The fourth-order valence-electron chi connectivity index (χ4n) is 13.4. The second-order valence-corrected chi connectivity index (χ2v) is 29.8. The number of nitrogens with one attached hydrogen (secondary N) is 2. The predicted octanol–water partition coefficient (Wildman–Crippen LogP) is 5.19. The molecule has 3 aliphatic rings. The van der Waals surface area contributed by atoms with Crippen molar-refractivity contribution in [2.24, 2.45) is 53.1 Å². The summed E-state index contributed by atoms with van der Waals surface area (Å²) in [6, 6.07) is -10.6. The third-order valence-corrected chi connectivity index (χ3v) is 19.8. The van der Waals surface area contributed by atoms with Gasteiger partial charge in [0.15, 0.2) is 17.6 Å². The lowest BCUT2D eigenvalue weighted by molar-refractivity contribution is -0.322. The Morgan fingerprint density at radius 2 is 1.06 bits per heavy atom. The molecule has 14 atom stereocenters. The van der Waals surface area contributed by atoms with E-state index in [9.17, 15) is 19.2 Å². The molecule has 4 N–H and O–H groups in total. The summed E-state index contributed by atoms with van der Waals surface area (Å²) in [7, 11) is 8.87. The molecular formula is C71H127N11O14. The number of ether oxygens (including phenoxy) is 2. The first-order valence-electron chi connectivity index (χ1n) is 35.8. The Morgan fingerprint density at radius 1 is 0.531 bits per heavy atom. The first-order valence-corrected chi connectivity index (χ1v) is 35.8. The molecule has 0 aromatic heterocycles. The van der Waals surface area contributed by atoms with Gasteiger partial charge in [0, 0.05) is 86.7 Å². The van der Waals surface area contributed by atoms with Crippen LogP contribution in [0.2, 0.25) is 0 Å². The molecule has 25 nitrogen and oxygen atoms in total. The van der Waals surface area contributed by atoms with Gasteiger partial charge in [-0.05, 0) is 121 Å². The summed E-state index contributed by atoms with van der Waals surface area (Å²) in [6.45, 7) is 33.0. The standard InChI is InChI=1S/C71H127N11O14/c1-23-53-68(90)75(17)50(15)66(88)80(22)60(51(16)95-34-28-27-31-81-32-35-94-36-33-81)58(84)41-52(45(8)9)67(89)76(18)54(37-42(2)3)57(83)40-48(13)63(85)73-49(14)65(87)77(19)55(38-43(4)5)69(91)78(20)56(39-44(6)7)70(92)79(21)59(46(10)11)71(93)82-61(64(86)74-53)62(96-82)47(12)29-25-24-26-30-72/h42-56,59-62H,23-41,72H2,1-22H3,(H,73,85)(H,74,86)/t47-,48-,49-,50-,51-,52+,53+,54+,55+,56+,59+,60+,61+,62-/m1/s1. The predicted molar refractivity (Wildman–Crippen MR) is 369 cm³/mol. The molecule has 0 aliphatic carbocycles. The van der Waals surface area contributed by atoms with Crippen LogP contribution in [0.4, 0.5) is 0 Å². The lowest BCUT2D eigenvalue weighted by Crippen LogP contribution is -2.72. The number of likely N-dealkylation sites (N-methyl/N-ethyl adjacent to an activating group) is 6. The van der Waals surface area contributed by atoms with Crippen LogP contribution in [0.3, 0.4) is 0 Å². The summed E-state index contributed by atoms with van der Waals surface area (Å²) in [4.78, 5) is 180. The molecule has 96 heavy (non-hydrogen) atoms. The van der Waals surface area contributed by atoms with Gasteiger partial charge in [-0.3, -0.25) is 62.5 Å². The Morgan fingerprint density at radius 3 is 1.59 bits per heavy atom. The van der Waals surface area contributed by atoms with Gasteiger partial charge < -0.3 is 55.2 Å². The van der Waals surface area contributed by atoms with Gasteiger partial charge >= 0.3 is 0 Å². The summed E-state index contributed by atoms with van der Waals surface area (Å²) in [5.74, 6) is -9.98. The minimum absolute atomic E-state index is 0.0666. The molecule has 0 spiro atoms. The van der Waals surface area contributed by atoms with Gasteiger partial charge in [-0.2, -0.15) is 0 Å². The van der Waals surface area contributed by atoms with Gasteiger partial charge in [0.25, 0.3) is 5.91 Å². The maximum absolute atomic E-state index is 15.3. The number of ketones is 2. The first-order chi connectivity index (χ1) is 44.9. The zero-order chi connectivity index (χ0) is 72.9. The number of unbranched alkanes of at least 4 members (excludes halogenated alkanes) is 3. The first kappa shape index (κ1) is 84.6. The molecule has 0 radical (unpaired) electrons. The van der Waals surface area contributed by atoms with Crippen LogP contribution in [0.5, 0.6) is 0 Å². The van der Waals surface area contributed by atoms with E-state index in [0.717, 1.165) is 50.4 Å². The summed E-state index contributed by atoms with van der Waals surface area (Å²) in [5.41, 5.74) is 5.82. The molecule has 3 heterocycles. The van der Waals surface area contributed by atoms with Crippen molar-refractivity contribution in [3.8, 4) is 0 Å². The molecule has 25 heteroatoms. The monoisotopic (exact) mass is 1360 g/mol. The normalized spacial score (nSPS) is 28.4. The Balaban J connectivity index is 2.29. The van der Waals surface area contributed by atoms with Gasteiger partial charge in [-0.1, -0.05) is 103 Å². The van der Waals surface area contributed by atoms with E-state index in [1.165, 1.54) is 85.5 Å². The van der Waals surface area contributed by atoms with Gasteiger partial charge in [-0.25, -0.2) is 5.06 Å². The number of amides is 9. The number of nitrogens with zero attached hydrogens (tertiary/aromatic N) is 8. The molecule has 3 fully saturated rings. The quantitative estimate of drug-likeness (QED) is 0.118. The molecular weight excluding hydrogens is 1230 g/mol. The fourth-order valence-corrected chi connectivity index (χ4v) is 13.4. The number of hydroxylamine groups is 2. The van der Waals surface area contributed by atoms with Crippen molar-refractivity contribution < 1.29 is 67.1 Å². The number of morpholine rings is 1. The highest BCUT2D eigenvalue weighted by Crippen LogP contribution is 2.35. The lowest BCUT2D eigenvalue weighted by Gasteiger charge is -2.50. The number of carbonyl (C=O) groups excluding carboxylic acids is 11. The van der Waals surface area contributed by atoms with Crippen molar-refractivity contribution in [1.29, 1.82) is 0 Å². The van der Waals surface area contributed by atoms with E-state index >= 15 is 33.6 Å². The van der Waals surface area contributed by atoms with E-state index in [2.05, 4.69) is 15.5 Å². The summed E-state index contributed by atoms with van der Waals surface area (Å²) in [6.07, 6.45) is 2.71. The number of rotatable bonds is 22. The van der Waals surface area contributed by atoms with Gasteiger partial charge in [0.05, 0.1) is 25.4 Å². The number of Topliss-reactive ketones (excluding diaryl/α,β-unsaturated/α-hetero) is 2. The molecule has 0 aromatic rings. The second-order valence-electron chi connectivity index (χ2n) is 29.8. The van der Waals surface area contributed by atoms with E-state index in [0.29, 0.717) is 32.6 Å². The Bertz CT molecular complexity index is 2580. The van der Waals surface area contributed by atoms with E-state index < -0.39 is 155 Å². The van der Waals surface area contributed by atoms with Gasteiger partial charge in [-0.15, -0.1) is 0 Å². The highest BCUT2D eigenvalue weighted by molar-refractivity contribution is 6.00. The van der Waals surface area contributed by atoms with Gasteiger partial charge in [0.1, 0.15) is 48.4 Å². The van der Waals surface area contributed by atoms with E-state index in [1.54, 1.807) is 48.5 Å². The van der Waals surface area contributed by atoms with Crippen LogP contribution in [0, 0.1) is 47.3 Å². The number of carbonyl (C=O) groups is 11. The minimum atomic E-state index is -1.27. The third-order valence-electron chi connectivity index (χ3n) is 19.8. The Hall–Kier alpha value is -5.63. The molecule has 0 unspecified atom stereocenters. The average Bonchev–Trinajstić information content (AvgIpc) is 0.758. The highest BCUT2D eigenvalue weighted by Gasteiger charge is 2.55. The Labute approximate surface area is 575 Å². The van der Waals surface area contributed by atoms with Crippen molar-refractivity contribution in [3.63, 3.8) is 0 Å². The van der Waals surface area contributed by atoms with Crippen molar-refractivity contribution in [3.05, 3.63) is 0 Å². The van der Waals surface area contributed by atoms with Crippen LogP contribution in [0.25, 0.3) is 0 Å². The number of hydrogen-bond acceptors (Lipinski definition) is 16. The van der Waals surface area contributed by atoms with Crippen LogP contribution >= 0.6 is 0 Å². The van der Waals surface area contributed by atoms with E-state index in [4.69, 9.17) is 20.0 Å².